The SMILES string of the molecule is CC1CCCN(C(=O)Nc2cc([N+](=O)[O-])ccc2Br)C1. The molecule has 7 heteroatoms. The van der Waals surface area contributed by atoms with Crippen LogP contribution < -0.4 is 5.32 Å². The van der Waals surface area contributed by atoms with Crippen LogP contribution >= 0.6 is 15.9 Å². The predicted octanol–water partition coefficient (Wildman–Crippen LogP) is 3.62. The number of likely N-dealkylation sites (tertiary alicyclic amines) is 1. The highest BCUT2D eigenvalue weighted by molar-refractivity contribution is 9.10. The molecule has 1 atom stereocenters. The minimum absolute atomic E-state index is 0.0458. The predicted molar refractivity (Wildman–Crippen MR) is 79.8 cm³/mol. The Hall–Kier alpha value is -1.63. The van der Waals surface area contributed by atoms with Crippen LogP contribution in [0, 0.1) is 16.0 Å². The second kappa shape index (κ2) is 6.21. The summed E-state index contributed by atoms with van der Waals surface area (Å²) >= 11 is 3.29. The van der Waals surface area contributed by atoms with Gasteiger partial charge in [0.05, 0.1) is 10.6 Å². The van der Waals surface area contributed by atoms with Gasteiger partial charge in [-0.1, -0.05) is 6.92 Å². The number of rotatable bonds is 2. The number of hydrogen-bond acceptors (Lipinski definition) is 3. The Morgan fingerprint density at radius 3 is 2.95 bits per heavy atom. The summed E-state index contributed by atoms with van der Waals surface area (Å²) in [6.07, 6.45) is 2.12. The van der Waals surface area contributed by atoms with Crippen molar-refractivity contribution < 1.29 is 9.72 Å². The second-order valence-corrected chi connectivity index (χ2v) is 5.90. The van der Waals surface area contributed by atoms with E-state index in [1.54, 1.807) is 11.0 Å². The Balaban J connectivity index is 2.10. The van der Waals surface area contributed by atoms with E-state index >= 15 is 0 Å². The monoisotopic (exact) mass is 341 g/mol. The molecule has 1 aromatic carbocycles. The summed E-state index contributed by atoms with van der Waals surface area (Å²) in [7, 11) is 0. The lowest BCUT2D eigenvalue weighted by Gasteiger charge is -2.31. The third kappa shape index (κ3) is 3.47. The van der Waals surface area contributed by atoms with Gasteiger partial charge in [-0.25, -0.2) is 4.79 Å². The smallest absolute Gasteiger partial charge is 0.321 e. The summed E-state index contributed by atoms with van der Waals surface area (Å²) in [5.41, 5.74) is 0.373. The quantitative estimate of drug-likeness (QED) is 0.659. The standard InChI is InChI=1S/C13H16BrN3O3/c1-9-3-2-6-16(8-9)13(18)15-12-7-10(17(19)20)4-5-11(12)14/h4-5,7,9H,2-3,6,8H2,1H3,(H,15,18). The van der Waals surface area contributed by atoms with E-state index in [0.717, 1.165) is 25.9 Å². The maximum atomic E-state index is 12.2. The fourth-order valence-corrected chi connectivity index (χ4v) is 2.64. The molecule has 6 nitrogen and oxygen atoms in total. The molecule has 1 N–H and O–H groups in total. The van der Waals surface area contributed by atoms with Gasteiger partial charge in [0, 0.05) is 29.7 Å². The van der Waals surface area contributed by atoms with Gasteiger partial charge in [-0.3, -0.25) is 10.1 Å². The molecule has 0 aromatic heterocycles. The number of benzene rings is 1. The van der Waals surface area contributed by atoms with Crippen LogP contribution in [-0.4, -0.2) is 28.9 Å². The third-order valence-corrected chi connectivity index (χ3v) is 4.04. The van der Waals surface area contributed by atoms with Crippen LogP contribution in [0.3, 0.4) is 0 Å². The van der Waals surface area contributed by atoms with E-state index < -0.39 is 4.92 Å². The first-order chi connectivity index (χ1) is 9.47. The number of urea groups is 1. The summed E-state index contributed by atoms with van der Waals surface area (Å²) in [5, 5.41) is 13.5. The van der Waals surface area contributed by atoms with Gasteiger partial charge in [0.2, 0.25) is 0 Å². The molecule has 1 aliphatic rings. The first-order valence-electron chi connectivity index (χ1n) is 6.47. The van der Waals surface area contributed by atoms with Crippen molar-refractivity contribution in [1.29, 1.82) is 0 Å². The van der Waals surface area contributed by atoms with Crippen molar-refractivity contribution in [3.05, 3.63) is 32.8 Å². The third-order valence-electron chi connectivity index (χ3n) is 3.35. The highest BCUT2D eigenvalue weighted by atomic mass is 79.9. The topological polar surface area (TPSA) is 75.5 Å². The summed E-state index contributed by atoms with van der Waals surface area (Å²) in [6.45, 7) is 3.56. The molecule has 1 fully saturated rings. The summed E-state index contributed by atoms with van der Waals surface area (Å²) in [5.74, 6) is 0.489. The van der Waals surface area contributed by atoms with Crippen molar-refractivity contribution in [3.8, 4) is 0 Å². The van der Waals surface area contributed by atoms with E-state index in [1.807, 2.05) is 0 Å². The maximum absolute atomic E-state index is 12.2. The molecule has 2 amide bonds. The van der Waals surface area contributed by atoms with Crippen LogP contribution in [0.1, 0.15) is 19.8 Å². The van der Waals surface area contributed by atoms with E-state index in [2.05, 4.69) is 28.2 Å². The minimum atomic E-state index is -0.481. The number of anilines is 1. The Morgan fingerprint density at radius 2 is 2.30 bits per heavy atom. The average molecular weight is 342 g/mol. The summed E-state index contributed by atoms with van der Waals surface area (Å²) in [4.78, 5) is 24.2. The van der Waals surface area contributed by atoms with E-state index in [0.29, 0.717) is 16.1 Å². The Morgan fingerprint density at radius 1 is 1.55 bits per heavy atom. The molecule has 0 radical (unpaired) electrons. The lowest BCUT2D eigenvalue weighted by atomic mass is 10.0. The van der Waals surface area contributed by atoms with Gasteiger partial charge >= 0.3 is 6.03 Å². The first kappa shape index (κ1) is 14.8. The number of carbonyl (C=O) groups is 1. The van der Waals surface area contributed by atoms with Crippen LogP contribution in [0.4, 0.5) is 16.2 Å². The molecule has 1 saturated heterocycles. The average Bonchev–Trinajstić information content (AvgIpc) is 2.41. The number of nitrogens with one attached hydrogen (secondary N) is 1. The highest BCUT2D eigenvalue weighted by Gasteiger charge is 2.22. The fourth-order valence-electron chi connectivity index (χ4n) is 2.29. The van der Waals surface area contributed by atoms with Crippen molar-refractivity contribution in [1.82, 2.24) is 4.90 Å². The minimum Gasteiger partial charge on any atom is -0.324 e. The highest BCUT2D eigenvalue weighted by Crippen LogP contribution is 2.27. The molecule has 2 rings (SSSR count). The molecule has 1 aliphatic heterocycles. The molecule has 108 valence electrons. The van der Waals surface area contributed by atoms with Gasteiger partial charge in [-0.2, -0.15) is 0 Å². The molecule has 1 heterocycles. The number of hydrogen-bond donors (Lipinski definition) is 1. The number of nitro groups is 1. The zero-order valence-corrected chi connectivity index (χ0v) is 12.7. The largest absolute Gasteiger partial charge is 0.324 e. The molecule has 1 aromatic rings. The van der Waals surface area contributed by atoms with Crippen LogP contribution in [0.25, 0.3) is 0 Å². The number of nitrogens with zero attached hydrogens (tertiary/aromatic N) is 2. The van der Waals surface area contributed by atoms with E-state index in [4.69, 9.17) is 0 Å². The van der Waals surface area contributed by atoms with Crippen molar-refractivity contribution in [3.63, 3.8) is 0 Å². The number of amides is 2. The number of non-ortho nitro benzene ring substituents is 1. The normalized spacial score (nSPS) is 18.7. The van der Waals surface area contributed by atoms with Gasteiger partial charge in [0.25, 0.3) is 5.69 Å². The zero-order valence-electron chi connectivity index (χ0n) is 11.1. The molecule has 0 aliphatic carbocycles. The van der Waals surface area contributed by atoms with Crippen LogP contribution in [0.15, 0.2) is 22.7 Å². The van der Waals surface area contributed by atoms with Gasteiger partial charge < -0.3 is 10.2 Å². The maximum Gasteiger partial charge on any atom is 0.321 e. The lowest BCUT2D eigenvalue weighted by Crippen LogP contribution is -2.41. The number of carbonyl (C=O) groups excluding carboxylic acids is 1. The number of halogens is 1. The molecule has 0 spiro atoms. The van der Waals surface area contributed by atoms with Crippen LogP contribution in [0.5, 0.6) is 0 Å². The zero-order chi connectivity index (χ0) is 14.7. The molecule has 0 saturated carbocycles. The van der Waals surface area contributed by atoms with Gasteiger partial charge in [0.1, 0.15) is 0 Å². The Kier molecular flexibility index (Phi) is 4.59. The van der Waals surface area contributed by atoms with Crippen LogP contribution in [0.2, 0.25) is 0 Å². The van der Waals surface area contributed by atoms with Crippen LogP contribution in [-0.2, 0) is 0 Å². The van der Waals surface area contributed by atoms with Crippen molar-refractivity contribution in [2.24, 2.45) is 5.92 Å². The number of nitro benzene ring substituents is 1. The fraction of sp³-hybridized carbons (Fsp3) is 0.462. The van der Waals surface area contributed by atoms with E-state index in [-0.39, 0.29) is 11.7 Å². The van der Waals surface area contributed by atoms with Crippen molar-refractivity contribution >= 4 is 33.3 Å². The van der Waals surface area contributed by atoms with Crippen molar-refractivity contribution in [2.45, 2.75) is 19.8 Å². The van der Waals surface area contributed by atoms with Crippen molar-refractivity contribution in [2.75, 3.05) is 18.4 Å². The van der Waals surface area contributed by atoms with Gasteiger partial charge in [-0.05, 0) is 40.8 Å². The molecular formula is C13H16BrN3O3. The van der Waals surface area contributed by atoms with E-state index in [9.17, 15) is 14.9 Å². The molecule has 0 bridgehead atoms. The molecular weight excluding hydrogens is 326 g/mol. The molecule has 20 heavy (non-hydrogen) atoms. The summed E-state index contributed by atoms with van der Waals surface area (Å²) in [6, 6.07) is 4.10. The lowest BCUT2D eigenvalue weighted by molar-refractivity contribution is -0.384. The Bertz CT molecular complexity index is 536. The second-order valence-electron chi connectivity index (χ2n) is 5.04. The van der Waals surface area contributed by atoms with Gasteiger partial charge in [0.15, 0.2) is 0 Å². The number of piperidine rings is 1. The first-order valence-corrected chi connectivity index (χ1v) is 7.26. The van der Waals surface area contributed by atoms with E-state index in [1.165, 1.54) is 12.1 Å². The Labute approximate surface area is 125 Å². The van der Waals surface area contributed by atoms with Gasteiger partial charge in [-0.15, -0.1) is 0 Å². The molecule has 1 unspecified atom stereocenters. The summed E-state index contributed by atoms with van der Waals surface area (Å²) < 4.78 is 0.626.